The summed E-state index contributed by atoms with van der Waals surface area (Å²) in [6, 6.07) is 16.2. The van der Waals surface area contributed by atoms with Crippen LogP contribution in [0.3, 0.4) is 0 Å². The van der Waals surface area contributed by atoms with Crippen molar-refractivity contribution in [2.75, 3.05) is 10.6 Å². The molecule has 2 aromatic heterocycles. The summed E-state index contributed by atoms with van der Waals surface area (Å²) >= 11 is 6.00. The van der Waals surface area contributed by atoms with Crippen LogP contribution in [-0.2, 0) is 0 Å². The fourth-order valence-electron chi connectivity index (χ4n) is 2.82. The number of carbonyl (C=O) groups is 1. The van der Waals surface area contributed by atoms with E-state index >= 15 is 0 Å². The Kier molecular flexibility index (Phi) is 4.67. The van der Waals surface area contributed by atoms with Crippen molar-refractivity contribution in [1.29, 1.82) is 0 Å². The van der Waals surface area contributed by atoms with Crippen molar-refractivity contribution < 1.29 is 4.79 Å². The summed E-state index contributed by atoms with van der Waals surface area (Å²) in [6.45, 7) is 3.75. The van der Waals surface area contributed by atoms with Crippen LogP contribution >= 0.6 is 11.6 Å². The molecule has 0 fully saturated rings. The Balaban J connectivity index is 1.55. The van der Waals surface area contributed by atoms with Crippen molar-refractivity contribution in [3.8, 4) is 11.3 Å². The molecule has 2 aromatic carbocycles. The first-order valence-electron chi connectivity index (χ1n) is 8.63. The average molecular weight is 393 g/mol. The van der Waals surface area contributed by atoms with Gasteiger partial charge in [-0.05, 0) is 55.8 Å². The van der Waals surface area contributed by atoms with Crippen LogP contribution in [0.4, 0.5) is 16.2 Å². The second kappa shape index (κ2) is 7.28. The van der Waals surface area contributed by atoms with E-state index < -0.39 is 0 Å². The molecule has 140 valence electrons. The van der Waals surface area contributed by atoms with Crippen LogP contribution in [0.2, 0.25) is 5.02 Å². The zero-order valence-electron chi connectivity index (χ0n) is 15.3. The second-order valence-corrected chi connectivity index (χ2v) is 6.79. The molecule has 0 bridgehead atoms. The first kappa shape index (κ1) is 17.9. The Labute approximate surface area is 166 Å². The van der Waals surface area contributed by atoms with Gasteiger partial charge in [0.1, 0.15) is 0 Å². The van der Waals surface area contributed by atoms with Gasteiger partial charge in [-0.25, -0.2) is 4.79 Å². The molecular formula is C20H17ClN6O. The number of hydrogen-bond donors (Lipinski definition) is 2. The van der Waals surface area contributed by atoms with Gasteiger partial charge in [0.05, 0.1) is 5.69 Å². The Morgan fingerprint density at radius 1 is 1.00 bits per heavy atom. The first-order valence-corrected chi connectivity index (χ1v) is 9.01. The first-order chi connectivity index (χ1) is 13.5. The number of halogens is 1. The van der Waals surface area contributed by atoms with Gasteiger partial charge in [0.15, 0.2) is 11.5 Å². The summed E-state index contributed by atoms with van der Waals surface area (Å²) in [5.74, 6) is 0.711. The van der Waals surface area contributed by atoms with Crippen LogP contribution in [0.25, 0.3) is 16.9 Å². The van der Waals surface area contributed by atoms with Crippen molar-refractivity contribution in [3.63, 3.8) is 0 Å². The number of rotatable bonds is 3. The highest BCUT2D eigenvalue weighted by molar-refractivity contribution is 6.31. The number of benzene rings is 2. The minimum Gasteiger partial charge on any atom is -0.308 e. The third-order valence-electron chi connectivity index (χ3n) is 4.28. The van der Waals surface area contributed by atoms with Gasteiger partial charge in [0.25, 0.3) is 0 Å². The van der Waals surface area contributed by atoms with Crippen LogP contribution < -0.4 is 10.6 Å². The normalized spacial score (nSPS) is 10.8. The molecule has 0 atom stereocenters. The highest BCUT2D eigenvalue weighted by Gasteiger charge is 2.09. The van der Waals surface area contributed by atoms with Crippen molar-refractivity contribution >= 4 is 34.7 Å². The number of fused-ring (bicyclic) bond motifs is 1. The molecule has 0 radical (unpaired) electrons. The van der Waals surface area contributed by atoms with Crippen molar-refractivity contribution in [2.24, 2.45) is 0 Å². The average Bonchev–Trinajstić information content (AvgIpc) is 3.05. The number of amides is 2. The fourth-order valence-corrected chi connectivity index (χ4v) is 2.99. The molecule has 0 saturated carbocycles. The third kappa shape index (κ3) is 3.65. The lowest BCUT2D eigenvalue weighted by atomic mass is 10.1. The SMILES string of the molecule is Cc1ccc(Cl)cc1NC(=O)Nc1cccc(-c2ccc3nnc(C)n3n2)c1. The lowest BCUT2D eigenvalue weighted by Gasteiger charge is -2.11. The van der Waals surface area contributed by atoms with Gasteiger partial charge in [-0.1, -0.05) is 29.8 Å². The van der Waals surface area contributed by atoms with Gasteiger partial charge < -0.3 is 10.6 Å². The summed E-state index contributed by atoms with van der Waals surface area (Å²) in [5.41, 5.74) is 4.55. The van der Waals surface area contributed by atoms with E-state index in [1.807, 2.05) is 56.3 Å². The van der Waals surface area contributed by atoms with E-state index in [0.29, 0.717) is 27.9 Å². The van der Waals surface area contributed by atoms with E-state index in [-0.39, 0.29) is 6.03 Å². The van der Waals surface area contributed by atoms with Crippen molar-refractivity contribution in [3.05, 3.63) is 71.0 Å². The van der Waals surface area contributed by atoms with Crippen LogP contribution in [0.1, 0.15) is 11.4 Å². The number of aromatic nitrogens is 4. The molecule has 0 spiro atoms. The van der Waals surface area contributed by atoms with Crippen LogP contribution in [0, 0.1) is 13.8 Å². The van der Waals surface area contributed by atoms with Gasteiger partial charge >= 0.3 is 6.03 Å². The standard InChI is InChI=1S/C20H17ClN6O/c1-12-6-7-15(21)11-18(12)23-20(28)22-16-5-3-4-14(10-16)17-8-9-19-25-24-13(2)27(19)26-17/h3-11H,1-2H3,(H2,22,23,28). The minimum absolute atomic E-state index is 0.347. The zero-order chi connectivity index (χ0) is 19.7. The van der Waals surface area contributed by atoms with Crippen molar-refractivity contribution in [2.45, 2.75) is 13.8 Å². The van der Waals surface area contributed by atoms with Crippen LogP contribution in [0.5, 0.6) is 0 Å². The maximum Gasteiger partial charge on any atom is 0.323 e. The van der Waals surface area contributed by atoms with E-state index in [1.165, 1.54) is 0 Å². The van der Waals surface area contributed by atoms with E-state index in [1.54, 1.807) is 16.6 Å². The minimum atomic E-state index is -0.347. The molecule has 0 saturated heterocycles. The lowest BCUT2D eigenvalue weighted by Crippen LogP contribution is -2.20. The highest BCUT2D eigenvalue weighted by Crippen LogP contribution is 2.23. The Hall–Kier alpha value is -3.45. The van der Waals surface area contributed by atoms with Crippen molar-refractivity contribution in [1.82, 2.24) is 19.8 Å². The molecule has 28 heavy (non-hydrogen) atoms. The predicted octanol–water partition coefficient (Wildman–Crippen LogP) is 4.71. The third-order valence-corrected chi connectivity index (χ3v) is 4.52. The second-order valence-electron chi connectivity index (χ2n) is 6.35. The summed E-state index contributed by atoms with van der Waals surface area (Å²) in [6.07, 6.45) is 0. The Morgan fingerprint density at radius 2 is 1.86 bits per heavy atom. The molecule has 4 rings (SSSR count). The fraction of sp³-hybridized carbons (Fsp3) is 0.100. The highest BCUT2D eigenvalue weighted by atomic mass is 35.5. The number of nitrogens with zero attached hydrogens (tertiary/aromatic N) is 4. The number of carbonyl (C=O) groups excluding carboxylic acids is 1. The monoisotopic (exact) mass is 392 g/mol. The van der Waals surface area contributed by atoms with E-state index in [4.69, 9.17) is 11.6 Å². The maximum absolute atomic E-state index is 12.4. The summed E-state index contributed by atoms with van der Waals surface area (Å²) in [4.78, 5) is 12.4. The van der Waals surface area contributed by atoms with E-state index in [2.05, 4.69) is 25.9 Å². The predicted molar refractivity (Wildman–Crippen MR) is 110 cm³/mol. The molecule has 2 heterocycles. The number of aryl methyl sites for hydroxylation is 2. The van der Waals surface area contributed by atoms with Crippen LogP contribution in [0.15, 0.2) is 54.6 Å². The number of hydrogen-bond acceptors (Lipinski definition) is 4. The van der Waals surface area contributed by atoms with Gasteiger partial charge in [0, 0.05) is 22.0 Å². The van der Waals surface area contributed by atoms with Gasteiger partial charge in [-0.2, -0.15) is 9.61 Å². The van der Waals surface area contributed by atoms with Gasteiger partial charge in [0.2, 0.25) is 0 Å². The molecule has 2 N–H and O–H groups in total. The largest absolute Gasteiger partial charge is 0.323 e. The quantitative estimate of drug-likeness (QED) is 0.529. The molecule has 8 heteroatoms. The van der Waals surface area contributed by atoms with Gasteiger partial charge in [-0.3, -0.25) is 0 Å². The summed E-state index contributed by atoms with van der Waals surface area (Å²) in [7, 11) is 0. The number of nitrogens with one attached hydrogen (secondary N) is 2. The maximum atomic E-state index is 12.4. The number of urea groups is 1. The smallest absolute Gasteiger partial charge is 0.308 e. The Morgan fingerprint density at radius 3 is 2.71 bits per heavy atom. The molecule has 0 aliphatic heterocycles. The Bertz CT molecular complexity index is 1190. The van der Waals surface area contributed by atoms with E-state index in [0.717, 1.165) is 16.8 Å². The molecule has 2 amide bonds. The van der Waals surface area contributed by atoms with E-state index in [9.17, 15) is 4.79 Å². The summed E-state index contributed by atoms with van der Waals surface area (Å²) in [5, 5.41) is 18.8. The molecular weight excluding hydrogens is 376 g/mol. The lowest BCUT2D eigenvalue weighted by molar-refractivity contribution is 0.262. The zero-order valence-corrected chi connectivity index (χ0v) is 16.0. The molecule has 0 aliphatic carbocycles. The number of anilines is 2. The molecule has 7 nitrogen and oxygen atoms in total. The summed E-state index contributed by atoms with van der Waals surface area (Å²) < 4.78 is 1.68. The topological polar surface area (TPSA) is 84.2 Å². The molecule has 0 aliphatic rings. The molecule has 0 unspecified atom stereocenters. The van der Waals surface area contributed by atoms with Gasteiger partial charge in [-0.15, -0.1) is 10.2 Å². The van der Waals surface area contributed by atoms with Crippen LogP contribution in [-0.4, -0.2) is 25.8 Å². The molecule has 4 aromatic rings.